The second-order valence-electron chi connectivity index (χ2n) is 4.24. The molecule has 2 N–H and O–H groups in total. The molecule has 122 valence electrons. The number of benzene rings is 1. The zero-order valence-corrected chi connectivity index (χ0v) is 11.7. The number of rotatable bonds is 5. The van der Waals surface area contributed by atoms with Crippen LogP contribution in [-0.2, 0) is 6.18 Å². The third-order valence-corrected chi connectivity index (χ3v) is 3.03. The maximum atomic E-state index is 13.0. The van der Waals surface area contributed by atoms with Gasteiger partial charge in [0.05, 0.1) is 9.85 Å². The first-order valence-electron chi connectivity index (χ1n) is 6.13. The fourth-order valence-corrected chi connectivity index (χ4v) is 2.10. The Morgan fingerprint density at radius 2 is 1.59 bits per heavy atom. The Labute approximate surface area is 122 Å². The average Bonchev–Trinajstić information content (AvgIpc) is 2.37. The number of hydrogen-bond donors (Lipinski definition) is 1. The van der Waals surface area contributed by atoms with Gasteiger partial charge in [-0.2, -0.15) is 13.2 Å². The summed E-state index contributed by atoms with van der Waals surface area (Å²) in [6.45, 7) is 3.10. The minimum absolute atomic E-state index is 0.0406. The minimum Gasteiger partial charge on any atom is -0.393 e. The molecule has 0 aliphatic rings. The Kier molecular flexibility index (Phi) is 4.79. The molecule has 0 heterocycles. The Hall–Kier alpha value is -2.59. The van der Waals surface area contributed by atoms with Gasteiger partial charge in [0.1, 0.15) is 11.3 Å². The maximum Gasteiger partial charge on any atom is 0.423 e. The van der Waals surface area contributed by atoms with Crippen LogP contribution < -0.4 is 10.6 Å². The van der Waals surface area contributed by atoms with Crippen molar-refractivity contribution in [2.45, 2.75) is 20.0 Å². The van der Waals surface area contributed by atoms with E-state index in [1.54, 1.807) is 0 Å². The standard InChI is InChI=1S/C11H13F3N4O4/c1-3-16(4-2)10-8(17(19)20)6(11(12,13)14)5-7(15)9(10)18(21)22/h5H,3-4,15H2,1-2H3. The van der Waals surface area contributed by atoms with Crippen LogP contribution in [0, 0.1) is 20.2 Å². The van der Waals surface area contributed by atoms with E-state index in [2.05, 4.69) is 0 Å². The number of halogens is 3. The van der Waals surface area contributed by atoms with Crippen molar-refractivity contribution < 1.29 is 23.0 Å². The highest BCUT2D eigenvalue weighted by Gasteiger charge is 2.45. The lowest BCUT2D eigenvalue weighted by atomic mass is 10.1. The van der Waals surface area contributed by atoms with E-state index in [0.717, 1.165) is 4.90 Å². The van der Waals surface area contributed by atoms with Gasteiger partial charge in [-0.25, -0.2) is 0 Å². The monoisotopic (exact) mass is 322 g/mol. The number of hydrogen-bond acceptors (Lipinski definition) is 6. The molecule has 11 heteroatoms. The topological polar surface area (TPSA) is 116 Å². The lowest BCUT2D eigenvalue weighted by Gasteiger charge is -2.22. The van der Waals surface area contributed by atoms with E-state index in [9.17, 15) is 33.4 Å². The molecule has 8 nitrogen and oxygen atoms in total. The van der Waals surface area contributed by atoms with E-state index in [0.29, 0.717) is 0 Å². The van der Waals surface area contributed by atoms with Gasteiger partial charge >= 0.3 is 17.6 Å². The average molecular weight is 322 g/mol. The summed E-state index contributed by atoms with van der Waals surface area (Å²) in [5.74, 6) is 0. The third kappa shape index (κ3) is 3.02. The van der Waals surface area contributed by atoms with Crippen molar-refractivity contribution >= 4 is 22.7 Å². The molecule has 0 atom stereocenters. The molecule has 0 saturated heterocycles. The quantitative estimate of drug-likeness (QED) is 0.506. The van der Waals surface area contributed by atoms with E-state index < -0.39 is 44.3 Å². The van der Waals surface area contributed by atoms with Crippen LogP contribution in [0.2, 0.25) is 0 Å². The number of nitro groups is 2. The maximum absolute atomic E-state index is 13.0. The van der Waals surface area contributed by atoms with E-state index in [4.69, 9.17) is 5.73 Å². The Balaban J connectivity index is 3.98. The smallest absolute Gasteiger partial charge is 0.393 e. The van der Waals surface area contributed by atoms with Crippen molar-refractivity contribution in [1.29, 1.82) is 0 Å². The molecule has 1 aromatic carbocycles. The Bertz CT molecular complexity index is 614. The zero-order chi connectivity index (χ0) is 17.2. The Morgan fingerprint density at radius 1 is 1.14 bits per heavy atom. The molecule has 1 rings (SSSR count). The largest absolute Gasteiger partial charge is 0.423 e. The molecular formula is C11H13F3N4O4. The normalized spacial score (nSPS) is 11.3. The molecule has 0 spiro atoms. The molecular weight excluding hydrogens is 309 g/mol. The summed E-state index contributed by atoms with van der Waals surface area (Å²) in [6, 6.07) is 0.225. The van der Waals surface area contributed by atoms with Gasteiger partial charge in [0.25, 0.3) is 0 Å². The first-order valence-corrected chi connectivity index (χ1v) is 6.13. The number of nitrogen functional groups attached to an aromatic ring is 1. The summed E-state index contributed by atoms with van der Waals surface area (Å²) in [5.41, 5.74) is -0.0298. The predicted molar refractivity (Wildman–Crippen MR) is 72.7 cm³/mol. The highest BCUT2D eigenvalue weighted by atomic mass is 19.4. The summed E-state index contributed by atoms with van der Waals surface area (Å²) in [5, 5.41) is 22.2. The zero-order valence-electron chi connectivity index (χ0n) is 11.7. The van der Waals surface area contributed by atoms with Gasteiger partial charge in [0.15, 0.2) is 5.69 Å². The van der Waals surface area contributed by atoms with E-state index in [-0.39, 0.29) is 19.2 Å². The van der Waals surface area contributed by atoms with Crippen molar-refractivity contribution in [3.63, 3.8) is 0 Å². The first-order chi connectivity index (χ1) is 10.1. The summed E-state index contributed by atoms with van der Waals surface area (Å²) < 4.78 is 39.1. The molecule has 1 aromatic rings. The van der Waals surface area contributed by atoms with E-state index in [1.807, 2.05) is 0 Å². The summed E-state index contributed by atoms with van der Waals surface area (Å²) in [6.07, 6.45) is -5.06. The van der Waals surface area contributed by atoms with Crippen LogP contribution in [0.25, 0.3) is 0 Å². The molecule has 0 radical (unpaired) electrons. The number of nitro benzene ring substituents is 2. The van der Waals surface area contributed by atoms with Gasteiger partial charge < -0.3 is 10.6 Å². The molecule has 0 fully saturated rings. The summed E-state index contributed by atoms with van der Waals surface area (Å²) in [7, 11) is 0. The van der Waals surface area contributed by atoms with Crippen LogP contribution in [0.1, 0.15) is 19.4 Å². The van der Waals surface area contributed by atoms with Crippen molar-refractivity contribution in [3.8, 4) is 0 Å². The lowest BCUT2D eigenvalue weighted by Crippen LogP contribution is -2.26. The molecule has 0 unspecified atom stereocenters. The van der Waals surface area contributed by atoms with Gasteiger partial charge in [0.2, 0.25) is 0 Å². The molecule has 0 saturated carbocycles. The molecule has 22 heavy (non-hydrogen) atoms. The van der Waals surface area contributed by atoms with Crippen LogP contribution in [-0.4, -0.2) is 22.9 Å². The highest BCUT2D eigenvalue weighted by molar-refractivity contribution is 5.86. The van der Waals surface area contributed by atoms with Gasteiger partial charge in [0, 0.05) is 13.1 Å². The van der Waals surface area contributed by atoms with E-state index in [1.165, 1.54) is 13.8 Å². The summed E-state index contributed by atoms with van der Waals surface area (Å²) in [4.78, 5) is 21.0. The lowest BCUT2D eigenvalue weighted by molar-refractivity contribution is -0.394. The van der Waals surface area contributed by atoms with Gasteiger partial charge in [-0.3, -0.25) is 20.2 Å². The van der Waals surface area contributed by atoms with Crippen LogP contribution in [0.5, 0.6) is 0 Å². The number of anilines is 2. The highest BCUT2D eigenvalue weighted by Crippen LogP contribution is 2.48. The molecule has 0 bridgehead atoms. The number of alkyl halides is 3. The fourth-order valence-electron chi connectivity index (χ4n) is 2.10. The SMILES string of the molecule is CCN(CC)c1c([N+](=O)[O-])c(N)cc(C(F)(F)F)c1[N+](=O)[O-]. The molecule has 0 aliphatic heterocycles. The van der Waals surface area contributed by atoms with Crippen LogP contribution in [0.3, 0.4) is 0 Å². The molecule has 0 aromatic heterocycles. The Morgan fingerprint density at radius 3 is 1.91 bits per heavy atom. The first kappa shape index (κ1) is 17.5. The number of nitrogens with zero attached hydrogens (tertiary/aromatic N) is 3. The second kappa shape index (κ2) is 6.03. The van der Waals surface area contributed by atoms with Crippen LogP contribution >= 0.6 is 0 Å². The van der Waals surface area contributed by atoms with Crippen LogP contribution in [0.4, 0.5) is 35.9 Å². The van der Waals surface area contributed by atoms with Crippen molar-refractivity contribution in [1.82, 2.24) is 0 Å². The fraction of sp³-hybridized carbons (Fsp3) is 0.455. The van der Waals surface area contributed by atoms with Gasteiger partial charge in [-0.15, -0.1) is 0 Å². The minimum atomic E-state index is -5.06. The molecule has 0 aliphatic carbocycles. The van der Waals surface area contributed by atoms with Crippen molar-refractivity contribution in [2.75, 3.05) is 23.7 Å². The molecule has 0 amide bonds. The number of nitrogens with two attached hydrogens (primary N) is 1. The second-order valence-corrected chi connectivity index (χ2v) is 4.24. The third-order valence-electron chi connectivity index (χ3n) is 3.03. The summed E-state index contributed by atoms with van der Waals surface area (Å²) >= 11 is 0. The van der Waals surface area contributed by atoms with Crippen LogP contribution in [0.15, 0.2) is 6.07 Å². The van der Waals surface area contributed by atoms with E-state index >= 15 is 0 Å². The van der Waals surface area contributed by atoms with Crippen molar-refractivity contribution in [2.24, 2.45) is 0 Å². The predicted octanol–water partition coefficient (Wildman–Crippen LogP) is 2.95. The van der Waals surface area contributed by atoms with Gasteiger partial charge in [-0.1, -0.05) is 0 Å². The van der Waals surface area contributed by atoms with Crippen molar-refractivity contribution in [3.05, 3.63) is 31.9 Å². The van der Waals surface area contributed by atoms with Gasteiger partial charge in [-0.05, 0) is 19.9 Å².